The predicted octanol–water partition coefficient (Wildman–Crippen LogP) is 4.66. The standard InChI is InChI=1S/C25H25ClFN3O4S/c1-17-24(23(34-29-17)13-12-18-7-3-5-11-22(18)27)35(32,33)30-14-6-9-20(16-30)25(31)28-15-19-8-2-4-10-21(19)26/h2-5,7-8,10-13,20H,6,9,14-16H2,1H3,(H,28,31)/b13-12+/t20-/m1/s1. The van der Waals surface area contributed by atoms with Crippen molar-refractivity contribution in [3.63, 3.8) is 0 Å². The molecule has 35 heavy (non-hydrogen) atoms. The van der Waals surface area contributed by atoms with Crippen molar-refractivity contribution < 1.29 is 22.1 Å². The van der Waals surface area contributed by atoms with Crippen LogP contribution >= 0.6 is 11.6 Å². The second-order valence-electron chi connectivity index (χ2n) is 8.33. The molecule has 1 aliphatic rings. The molecule has 0 saturated carbocycles. The Labute approximate surface area is 208 Å². The molecule has 0 bridgehead atoms. The molecular weight excluding hydrogens is 493 g/mol. The Morgan fingerprint density at radius 3 is 2.74 bits per heavy atom. The molecule has 10 heteroatoms. The number of carbonyl (C=O) groups excluding carboxylic acids is 1. The lowest BCUT2D eigenvalue weighted by molar-refractivity contribution is -0.126. The van der Waals surface area contributed by atoms with Crippen molar-refractivity contribution in [3.05, 3.63) is 82.0 Å². The number of rotatable bonds is 7. The summed E-state index contributed by atoms with van der Waals surface area (Å²) in [7, 11) is -4.00. The van der Waals surface area contributed by atoms with Crippen LogP contribution in [0.3, 0.4) is 0 Å². The first-order chi connectivity index (χ1) is 16.8. The summed E-state index contributed by atoms with van der Waals surface area (Å²) in [6, 6.07) is 13.3. The van der Waals surface area contributed by atoms with Gasteiger partial charge in [0.25, 0.3) is 0 Å². The van der Waals surface area contributed by atoms with E-state index in [0.29, 0.717) is 17.9 Å². The van der Waals surface area contributed by atoms with Crippen LogP contribution in [0.1, 0.15) is 35.4 Å². The van der Waals surface area contributed by atoms with Gasteiger partial charge < -0.3 is 9.84 Å². The summed E-state index contributed by atoms with van der Waals surface area (Å²) in [5, 5.41) is 7.24. The molecule has 7 nitrogen and oxygen atoms in total. The smallest absolute Gasteiger partial charge is 0.248 e. The molecule has 1 N–H and O–H groups in total. The fourth-order valence-corrected chi connectivity index (χ4v) is 6.02. The Kier molecular flexibility index (Phi) is 7.69. The van der Waals surface area contributed by atoms with Gasteiger partial charge in [-0.3, -0.25) is 4.79 Å². The van der Waals surface area contributed by atoms with Gasteiger partial charge in [0.2, 0.25) is 15.9 Å². The number of amides is 1. The third kappa shape index (κ3) is 5.63. The molecule has 0 unspecified atom stereocenters. The molecule has 1 aliphatic heterocycles. The average molecular weight is 518 g/mol. The fourth-order valence-electron chi connectivity index (χ4n) is 4.05. The van der Waals surface area contributed by atoms with Crippen molar-refractivity contribution in [3.8, 4) is 0 Å². The van der Waals surface area contributed by atoms with E-state index in [1.165, 1.54) is 29.4 Å². The second-order valence-corrected chi connectivity index (χ2v) is 10.6. The van der Waals surface area contributed by atoms with Crippen molar-refractivity contribution in [2.24, 2.45) is 5.92 Å². The first kappa shape index (κ1) is 25.1. The number of hydrogen-bond acceptors (Lipinski definition) is 5. The number of sulfonamides is 1. The van der Waals surface area contributed by atoms with E-state index in [2.05, 4.69) is 10.5 Å². The van der Waals surface area contributed by atoms with Crippen molar-refractivity contribution >= 4 is 39.7 Å². The molecule has 4 rings (SSSR count). The Bertz CT molecular complexity index is 1360. The van der Waals surface area contributed by atoms with E-state index in [1.807, 2.05) is 18.2 Å². The molecule has 1 amide bonds. The highest BCUT2D eigenvalue weighted by Gasteiger charge is 2.36. The SMILES string of the molecule is Cc1noc(/C=C/c2ccccc2F)c1S(=O)(=O)N1CCC[C@@H](C(=O)NCc2ccccc2Cl)C1. The van der Waals surface area contributed by atoms with Crippen molar-refractivity contribution in [1.29, 1.82) is 0 Å². The van der Waals surface area contributed by atoms with Crippen molar-refractivity contribution in [1.82, 2.24) is 14.8 Å². The van der Waals surface area contributed by atoms with Gasteiger partial charge in [-0.1, -0.05) is 53.2 Å². The molecule has 1 aromatic heterocycles. The number of carbonyl (C=O) groups is 1. The van der Waals surface area contributed by atoms with Gasteiger partial charge in [-0.15, -0.1) is 0 Å². The van der Waals surface area contributed by atoms with Gasteiger partial charge in [0.15, 0.2) is 10.7 Å². The summed E-state index contributed by atoms with van der Waals surface area (Å²) in [4.78, 5) is 12.7. The lowest BCUT2D eigenvalue weighted by atomic mass is 9.99. The van der Waals surface area contributed by atoms with Crippen molar-refractivity contribution in [2.45, 2.75) is 31.2 Å². The van der Waals surface area contributed by atoms with Gasteiger partial charge in [-0.2, -0.15) is 4.31 Å². The second kappa shape index (κ2) is 10.7. The minimum absolute atomic E-state index is 0.0102. The van der Waals surface area contributed by atoms with Gasteiger partial charge >= 0.3 is 0 Å². The summed E-state index contributed by atoms with van der Waals surface area (Å²) >= 11 is 6.16. The molecule has 0 aliphatic carbocycles. The molecule has 2 heterocycles. The third-order valence-corrected chi connectivity index (χ3v) is 8.31. The molecule has 2 aromatic carbocycles. The van der Waals surface area contributed by atoms with E-state index in [9.17, 15) is 17.6 Å². The van der Waals surface area contributed by atoms with E-state index in [4.69, 9.17) is 16.1 Å². The maximum absolute atomic E-state index is 14.0. The quantitative estimate of drug-likeness (QED) is 0.492. The topological polar surface area (TPSA) is 92.5 Å². The van der Waals surface area contributed by atoms with E-state index >= 15 is 0 Å². The Hall–Kier alpha value is -3.01. The van der Waals surface area contributed by atoms with Gasteiger partial charge in [0.1, 0.15) is 11.5 Å². The largest absolute Gasteiger partial charge is 0.355 e. The first-order valence-corrected chi connectivity index (χ1v) is 13.0. The highest BCUT2D eigenvalue weighted by atomic mass is 35.5. The maximum atomic E-state index is 14.0. The van der Waals surface area contributed by atoms with Crippen LogP contribution in [0.25, 0.3) is 12.2 Å². The van der Waals surface area contributed by atoms with Gasteiger partial charge in [0.05, 0.1) is 5.92 Å². The summed E-state index contributed by atoms with van der Waals surface area (Å²) in [6.07, 6.45) is 3.94. The van der Waals surface area contributed by atoms with Crippen LogP contribution in [-0.4, -0.2) is 36.9 Å². The Balaban J connectivity index is 1.50. The van der Waals surface area contributed by atoms with Gasteiger partial charge in [-0.25, -0.2) is 12.8 Å². The molecule has 1 fully saturated rings. The number of nitrogens with one attached hydrogen (secondary N) is 1. The average Bonchev–Trinajstić information content (AvgIpc) is 3.24. The lowest BCUT2D eigenvalue weighted by Crippen LogP contribution is -2.45. The highest BCUT2D eigenvalue weighted by Crippen LogP contribution is 2.29. The van der Waals surface area contributed by atoms with E-state index < -0.39 is 21.8 Å². The predicted molar refractivity (Wildman–Crippen MR) is 131 cm³/mol. The van der Waals surface area contributed by atoms with Gasteiger partial charge in [0, 0.05) is 30.2 Å². The summed E-state index contributed by atoms with van der Waals surface area (Å²) in [5.41, 5.74) is 1.27. The van der Waals surface area contributed by atoms with Crippen LogP contribution in [0.15, 0.2) is 57.9 Å². The van der Waals surface area contributed by atoms with E-state index in [0.717, 1.165) is 5.56 Å². The molecule has 3 aromatic rings. The monoisotopic (exact) mass is 517 g/mol. The molecule has 0 radical (unpaired) electrons. The van der Waals surface area contributed by atoms with Crippen LogP contribution in [0.4, 0.5) is 4.39 Å². The zero-order chi connectivity index (χ0) is 25.0. The molecule has 0 spiro atoms. The van der Waals surface area contributed by atoms with Crippen LogP contribution in [0.2, 0.25) is 5.02 Å². The molecular formula is C25H25ClFN3O4S. The lowest BCUT2D eigenvalue weighted by Gasteiger charge is -2.31. The molecule has 184 valence electrons. The molecule has 1 saturated heterocycles. The minimum Gasteiger partial charge on any atom is -0.355 e. The number of aromatic nitrogens is 1. The number of halogens is 2. The summed E-state index contributed by atoms with van der Waals surface area (Å²) < 4.78 is 47.6. The third-order valence-electron chi connectivity index (χ3n) is 5.92. The van der Waals surface area contributed by atoms with E-state index in [-0.39, 0.29) is 47.5 Å². The first-order valence-electron chi connectivity index (χ1n) is 11.2. The zero-order valence-electron chi connectivity index (χ0n) is 19.1. The van der Waals surface area contributed by atoms with Gasteiger partial charge in [-0.05, 0) is 49.6 Å². The number of benzene rings is 2. The number of hydrogen-bond donors (Lipinski definition) is 1. The van der Waals surface area contributed by atoms with E-state index in [1.54, 1.807) is 24.3 Å². The maximum Gasteiger partial charge on any atom is 0.248 e. The number of nitrogens with zero attached hydrogens (tertiary/aromatic N) is 2. The van der Waals surface area contributed by atoms with Crippen LogP contribution in [0, 0.1) is 18.7 Å². The van der Waals surface area contributed by atoms with Crippen molar-refractivity contribution in [2.75, 3.05) is 13.1 Å². The zero-order valence-corrected chi connectivity index (χ0v) is 20.7. The number of aryl methyl sites for hydroxylation is 1. The molecule has 1 atom stereocenters. The highest BCUT2D eigenvalue weighted by molar-refractivity contribution is 7.89. The van der Waals surface area contributed by atoms with Crippen LogP contribution in [-0.2, 0) is 21.4 Å². The number of piperidine rings is 1. The minimum atomic E-state index is -4.00. The Morgan fingerprint density at radius 2 is 1.97 bits per heavy atom. The van der Waals surface area contributed by atoms with Crippen LogP contribution in [0.5, 0.6) is 0 Å². The normalized spacial score (nSPS) is 17.1. The fraction of sp³-hybridized carbons (Fsp3) is 0.280. The summed E-state index contributed by atoms with van der Waals surface area (Å²) in [5.74, 6) is -1.16. The Morgan fingerprint density at radius 1 is 1.23 bits per heavy atom. The van der Waals surface area contributed by atoms with Crippen LogP contribution < -0.4 is 5.32 Å². The summed E-state index contributed by atoms with van der Waals surface area (Å²) in [6.45, 7) is 2.11.